The number of aliphatic hydroxyl groups is 1. The minimum atomic E-state index is -0.586. The van der Waals surface area contributed by atoms with E-state index in [1.807, 2.05) is 18.2 Å². The summed E-state index contributed by atoms with van der Waals surface area (Å²) in [6, 6.07) is 8.02. The maximum absolute atomic E-state index is 10.9. The number of nitrogens with zero attached hydrogens (tertiary/aromatic N) is 1. The van der Waals surface area contributed by atoms with Crippen LogP contribution in [0.25, 0.3) is 0 Å². The van der Waals surface area contributed by atoms with E-state index in [9.17, 15) is 5.11 Å². The van der Waals surface area contributed by atoms with Gasteiger partial charge in [-0.1, -0.05) is 25.1 Å². The predicted molar refractivity (Wildman–Crippen MR) is 82.2 cm³/mol. The van der Waals surface area contributed by atoms with Crippen molar-refractivity contribution in [3.05, 3.63) is 29.8 Å². The molecule has 1 aromatic rings. The molecule has 0 aromatic heterocycles. The van der Waals surface area contributed by atoms with Gasteiger partial charge in [-0.25, -0.2) is 0 Å². The molecular formula is C17H27NO2. The Morgan fingerprint density at radius 2 is 2.05 bits per heavy atom. The monoisotopic (exact) mass is 277 g/mol. The molecule has 1 atom stereocenters. The third-order valence-corrected chi connectivity index (χ3v) is 4.26. The average Bonchev–Trinajstić information content (AvgIpc) is 2.62. The number of rotatable bonds is 5. The zero-order chi connectivity index (χ0) is 14.4. The second-order valence-corrected chi connectivity index (χ2v) is 5.91. The van der Waals surface area contributed by atoms with Crippen LogP contribution < -0.4 is 4.74 Å². The lowest BCUT2D eigenvalue weighted by atomic mass is 9.87. The summed E-state index contributed by atoms with van der Waals surface area (Å²) in [7, 11) is 1.69. The Bertz CT molecular complexity index is 421. The highest BCUT2D eigenvalue weighted by Gasteiger charge is 2.30. The molecule has 1 aliphatic rings. The Kier molecular flexibility index (Phi) is 5.44. The van der Waals surface area contributed by atoms with E-state index in [1.165, 1.54) is 6.42 Å². The first-order valence-corrected chi connectivity index (χ1v) is 7.73. The van der Waals surface area contributed by atoms with Crippen LogP contribution in [0.15, 0.2) is 24.3 Å². The molecule has 1 saturated heterocycles. The maximum Gasteiger partial charge on any atom is 0.122 e. The number of ether oxygens (including phenoxy) is 1. The highest BCUT2D eigenvalue weighted by Crippen LogP contribution is 2.30. The average molecular weight is 277 g/mol. The summed E-state index contributed by atoms with van der Waals surface area (Å²) in [6.07, 6.45) is 4.68. The molecule has 1 aromatic carbocycles. The molecular weight excluding hydrogens is 250 g/mol. The van der Waals surface area contributed by atoms with E-state index in [0.29, 0.717) is 6.42 Å². The third kappa shape index (κ3) is 3.97. The summed E-state index contributed by atoms with van der Waals surface area (Å²) in [4.78, 5) is 2.47. The van der Waals surface area contributed by atoms with Crippen molar-refractivity contribution >= 4 is 0 Å². The molecule has 3 heteroatoms. The van der Waals surface area contributed by atoms with Gasteiger partial charge in [0.05, 0.1) is 12.7 Å². The lowest BCUT2D eigenvalue weighted by Crippen LogP contribution is -2.33. The number of likely N-dealkylation sites (tertiary alicyclic amines) is 1. The van der Waals surface area contributed by atoms with Crippen molar-refractivity contribution in [3.8, 4) is 5.75 Å². The van der Waals surface area contributed by atoms with Crippen LogP contribution in [-0.2, 0) is 6.42 Å². The Morgan fingerprint density at radius 3 is 2.80 bits per heavy atom. The Morgan fingerprint density at radius 1 is 1.25 bits per heavy atom. The first kappa shape index (κ1) is 15.3. The summed E-state index contributed by atoms with van der Waals surface area (Å²) in [5.41, 5.74) is 0.526. The SMILES string of the molecule is CCCN1CCCC(O)(Cc2ccccc2OC)CC1. The lowest BCUT2D eigenvalue weighted by Gasteiger charge is -2.27. The van der Waals surface area contributed by atoms with Gasteiger partial charge in [0.25, 0.3) is 0 Å². The zero-order valence-electron chi connectivity index (χ0n) is 12.8. The quantitative estimate of drug-likeness (QED) is 0.898. The smallest absolute Gasteiger partial charge is 0.122 e. The number of methoxy groups -OCH3 is 1. The molecule has 0 bridgehead atoms. The highest BCUT2D eigenvalue weighted by molar-refractivity contribution is 5.34. The van der Waals surface area contributed by atoms with E-state index in [-0.39, 0.29) is 0 Å². The van der Waals surface area contributed by atoms with Crippen LogP contribution in [-0.4, -0.2) is 42.4 Å². The minimum absolute atomic E-state index is 0.586. The van der Waals surface area contributed by atoms with E-state index >= 15 is 0 Å². The molecule has 0 spiro atoms. The summed E-state index contributed by atoms with van der Waals surface area (Å²) in [5.74, 6) is 0.885. The molecule has 0 saturated carbocycles. The lowest BCUT2D eigenvalue weighted by molar-refractivity contribution is 0.0252. The minimum Gasteiger partial charge on any atom is -0.496 e. The van der Waals surface area contributed by atoms with Crippen molar-refractivity contribution in [2.45, 2.75) is 44.6 Å². The number of hydrogen-bond donors (Lipinski definition) is 1. The first-order valence-electron chi connectivity index (χ1n) is 7.73. The molecule has 1 fully saturated rings. The van der Waals surface area contributed by atoms with Crippen molar-refractivity contribution in [2.24, 2.45) is 0 Å². The maximum atomic E-state index is 10.9. The fourth-order valence-electron chi connectivity index (χ4n) is 3.15. The fraction of sp³-hybridized carbons (Fsp3) is 0.647. The van der Waals surface area contributed by atoms with E-state index in [4.69, 9.17) is 4.74 Å². The number of benzene rings is 1. The summed E-state index contributed by atoms with van der Waals surface area (Å²) in [6.45, 7) is 5.47. The Hall–Kier alpha value is -1.06. The molecule has 0 amide bonds. The van der Waals surface area contributed by atoms with Crippen molar-refractivity contribution in [2.75, 3.05) is 26.7 Å². The van der Waals surface area contributed by atoms with Crippen LogP contribution in [0.4, 0.5) is 0 Å². The van der Waals surface area contributed by atoms with Crippen molar-refractivity contribution in [1.29, 1.82) is 0 Å². The van der Waals surface area contributed by atoms with Gasteiger partial charge in [-0.3, -0.25) is 0 Å². The molecule has 1 heterocycles. The van der Waals surface area contributed by atoms with Gasteiger partial charge in [-0.05, 0) is 50.4 Å². The second kappa shape index (κ2) is 7.09. The molecule has 1 unspecified atom stereocenters. The van der Waals surface area contributed by atoms with Gasteiger partial charge >= 0.3 is 0 Å². The Balaban J connectivity index is 2.03. The zero-order valence-corrected chi connectivity index (χ0v) is 12.8. The summed E-state index contributed by atoms with van der Waals surface area (Å²) < 4.78 is 5.40. The second-order valence-electron chi connectivity index (χ2n) is 5.91. The predicted octanol–water partition coefficient (Wildman–Crippen LogP) is 2.86. The van der Waals surface area contributed by atoms with Crippen molar-refractivity contribution in [3.63, 3.8) is 0 Å². The van der Waals surface area contributed by atoms with Gasteiger partial charge in [0.1, 0.15) is 5.75 Å². The van der Waals surface area contributed by atoms with Gasteiger partial charge < -0.3 is 14.7 Å². The molecule has 3 nitrogen and oxygen atoms in total. The molecule has 1 aliphatic heterocycles. The van der Waals surface area contributed by atoms with E-state index in [0.717, 1.165) is 50.2 Å². The molecule has 1 N–H and O–H groups in total. The number of para-hydroxylation sites is 1. The van der Waals surface area contributed by atoms with E-state index in [1.54, 1.807) is 7.11 Å². The third-order valence-electron chi connectivity index (χ3n) is 4.26. The molecule has 0 aliphatic carbocycles. The van der Waals surface area contributed by atoms with Gasteiger partial charge in [-0.15, -0.1) is 0 Å². The molecule has 0 radical (unpaired) electrons. The van der Waals surface area contributed by atoms with Crippen molar-refractivity contribution in [1.82, 2.24) is 4.90 Å². The Labute approximate surface area is 122 Å². The fourth-order valence-corrected chi connectivity index (χ4v) is 3.15. The largest absolute Gasteiger partial charge is 0.496 e. The highest BCUT2D eigenvalue weighted by atomic mass is 16.5. The normalized spacial score (nSPS) is 24.4. The summed E-state index contributed by atoms with van der Waals surface area (Å²) >= 11 is 0. The van der Waals surface area contributed by atoms with Crippen LogP contribution >= 0.6 is 0 Å². The van der Waals surface area contributed by atoms with Crippen LogP contribution in [0.2, 0.25) is 0 Å². The van der Waals surface area contributed by atoms with Crippen LogP contribution in [0, 0.1) is 0 Å². The van der Waals surface area contributed by atoms with Gasteiger partial charge in [0, 0.05) is 13.0 Å². The summed E-state index contributed by atoms with van der Waals surface area (Å²) in [5, 5.41) is 10.9. The van der Waals surface area contributed by atoms with Crippen molar-refractivity contribution < 1.29 is 9.84 Å². The van der Waals surface area contributed by atoms with Crippen LogP contribution in [0.5, 0.6) is 5.75 Å². The van der Waals surface area contributed by atoms with Crippen LogP contribution in [0.3, 0.4) is 0 Å². The first-order chi connectivity index (χ1) is 9.67. The van der Waals surface area contributed by atoms with E-state index in [2.05, 4.69) is 17.9 Å². The number of hydrogen-bond acceptors (Lipinski definition) is 3. The topological polar surface area (TPSA) is 32.7 Å². The van der Waals surface area contributed by atoms with Crippen LogP contribution in [0.1, 0.15) is 38.2 Å². The standard InChI is InChI=1S/C17H27NO2/c1-3-11-18-12-6-9-17(19,10-13-18)14-15-7-4-5-8-16(15)20-2/h4-5,7-8,19H,3,6,9-14H2,1-2H3. The molecule has 20 heavy (non-hydrogen) atoms. The van der Waals surface area contributed by atoms with Gasteiger partial charge in [0.15, 0.2) is 0 Å². The molecule has 2 rings (SSSR count). The van der Waals surface area contributed by atoms with Gasteiger partial charge in [-0.2, -0.15) is 0 Å². The molecule has 112 valence electrons. The van der Waals surface area contributed by atoms with Gasteiger partial charge in [0.2, 0.25) is 0 Å². The van der Waals surface area contributed by atoms with E-state index < -0.39 is 5.60 Å².